The highest BCUT2D eigenvalue weighted by atomic mass is 16.5. The molecule has 6 heteroatoms. The standard InChI is InChI=1S/C14H24N2O4/c1-13(2)5-4-6-16(8-13)12(19)15-10-7-20-9-14(10,3)11(17)18/h10H,4-9H2,1-3H3,(H,15,19)(H,17,18). The molecule has 2 rings (SSSR count). The number of rotatable bonds is 2. The minimum atomic E-state index is -1.04. The Bertz CT molecular complexity index is 410. The van der Waals surface area contributed by atoms with E-state index in [1.165, 1.54) is 0 Å². The smallest absolute Gasteiger partial charge is 0.317 e. The first-order valence-electron chi connectivity index (χ1n) is 7.11. The largest absolute Gasteiger partial charge is 0.481 e. The molecule has 0 spiro atoms. The number of likely N-dealkylation sites (tertiary alicyclic amines) is 1. The highest BCUT2D eigenvalue weighted by Gasteiger charge is 2.48. The molecule has 2 aliphatic heterocycles. The van der Waals surface area contributed by atoms with E-state index in [1.54, 1.807) is 11.8 Å². The summed E-state index contributed by atoms with van der Waals surface area (Å²) in [5.41, 5.74) is -0.918. The van der Waals surface area contributed by atoms with Gasteiger partial charge in [-0.25, -0.2) is 4.79 Å². The number of piperidine rings is 1. The maximum absolute atomic E-state index is 12.3. The number of aliphatic carboxylic acids is 1. The number of carbonyl (C=O) groups is 2. The Morgan fingerprint density at radius 1 is 1.35 bits per heavy atom. The Kier molecular flexibility index (Phi) is 3.95. The zero-order valence-electron chi connectivity index (χ0n) is 12.4. The van der Waals surface area contributed by atoms with Crippen LogP contribution < -0.4 is 5.32 Å². The summed E-state index contributed by atoms with van der Waals surface area (Å²) in [5, 5.41) is 12.1. The van der Waals surface area contributed by atoms with Crippen molar-refractivity contribution in [3.05, 3.63) is 0 Å². The number of ether oxygens (including phenoxy) is 1. The van der Waals surface area contributed by atoms with E-state index >= 15 is 0 Å². The molecule has 2 unspecified atom stereocenters. The highest BCUT2D eigenvalue weighted by Crippen LogP contribution is 2.31. The molecule has 0 bridgehead atoms. The third-order valence-electron chi connectivity index (χ3n) is 4.43. The number of carbonyl (C=O) groups excluding carboxylic acids is 1. The molecule has 0 aromatic heterocycles. The Hall–Kier alpha value is -1.30. The van der Waals surface area contributed by atoms with Gasteiger partial charge in [-0.2, -0.15) is 0 Å². The number of nitrogens with zero attached hydrogens (tertiary/aromatic N) is 1. The fraction of sp³-hybridized carbons (Fsp3) is 0.857. The molecule has 0 saturated carbocycles. The second-order valence-electron chi connectivity index (χ2n) is 6.93. The van der Waals surface area contributed by atoms with Crippen molar-refractivity contribution in [1.82, 2.24) is 10.2 Å². The number of carboxylic acid groups (broad SMARTS) is 1. The first kappa shape index (κ1) is 15.1. The predicted octanol–water partition coefficient (Wildman–Crippen LogP) is 1.31. The molecule has 0 aliphatic carbocycles. The molecule has 20 heavy (non-hydrogen) atoms. The zero-order valence-corrected chi connectivity index (χ0v) is 12.4. The molecule has 2 amide bonds. The van der Waals surface area contributed by atoms with Gasteiger partial charge in [0.2, 0.25) is 0 Å². The fourth-order valence-electron chi connectivity index (χ4n) is 2.92. The minimum absolute atomic E-state index is 0.123. The summed E-state index contributed by atoms with van der Waals surface area (Å²) in [6.45, 7) is 7.74. The molecular weight excluding hydrogens is 260 g/mol. The van der Waals surface area contributed by atoms with E-state index in [0.717, 1.165) is 19.4 Å². The summed E-state index contributed by atoms with van der Waals surface area (Å²) in [7, 11) is 0. The van der Waals surface area contributed by atoms with Crippen molar-refractivity contribution >= 4 is 12.0 Å². The second kappa shape index (κ2) is 5.24. The normalized spacial score (nSPS) is 33.0. The van der Waals surface area contributed by atoms with E-state index in [-0.39, 0.29) is 24.7 Å². The summed E-state index contributed by atoms with van der Waals surface area (Å²) in [6.07, 6.45) is 2.09. The van der Waals surface area contributed by atoms with Crippen LogP contribution in [0.3, 0.4) is 0 Å². The highest BCUT2D eigenvalue weighted by molar-refractivity contribution is 5.79. The quantitative estimate of drug-likeness (QED) is 0.801. The van der Waals surface area contributed by atoms with Gasteiger partial charge in [-0.1, -0.05) is 13.8 Å². The average molecular weight is 284 g/mol. The molecule has 2 N–H and O–H groups in total. The van der Waals surface area contributed by atoms with Crippen LogP contribution in [-0.2, 0) is 9.53 Å². The lowest BCUT2D eigenvalue weighted by atomic mass is 9.84. The first-order chi connectivity index (χ1) is 9.24. The second-order valence-corrected chi connectivity index (χ2v) is 6.93. The summed E-state index contributed by atoms with van der Waals surface area (Å²) in [6, 6.07) is -0.654. The molecule has 0 radical (unpaired) electrons. The third-order valence-corrected chi connectivity index (χ3v) is 4.43. The Balaban J connectivity index is 1.99. The molecule has 2 heterocycles. The number of urea groups is 1. The molecule has 2 aliphatic rings. The van der Waals surface area contributed by atoms with E-state index in [2.05, 4.69) is 19.2 Å². The van der Waals surface area contributed by atoms with Gasteiger partial charge < -0.3 is 20.1 Å². The van der Waals surface area contributed by atoms with E-state index in [0.29, 0.717) is 6.54 Å². The van der Waals surface area contributed by atoms with Crippen LogP contribution in [0.1, 0.15) is 33.6 Å². The first-order valence-corrected chi connectivity index (χ1v) is 7.11. The molecule has 2 fully saturated rings. The molecule has 0 aromatic rings. The van der Waals surface area contributed by atoms with Gasteiger partial charge in [0.1, 0.15) is 5.41 Å². The van der Waals surface area contributed by atoms with Crippen molar-refractivity contribution < 1.29 is 19.4 Å². The molecular formula is C14H24N2O4. The van der Waals surface area contributed by atoms with Crippen LogP contribution in [-0.4, -0.2) is 54.4 Å². The zero-order chi connectivity index (χ0) is 15.0. The van der Waals surface area contributed by atoms with Crippen molar-refractivity contribution in [3.8, 4) is 0 Å². The number of hydrogen-bond acceptors (Lipinski definition) is 3. The number of nitrogens with one attached hydrogen (secondary N) is 1. The van der Waals surface area contributed by atoms with Crippen molar-refractivity contribution in [3.63, 3.8) is 0 Å². The van der Waals surface area contributed by atoms with Gasteiger partial charge in [-0.05, 0) is 25.2 Å². The molecule has 6 nitrogen and oxygen atoms in total. The molecule has 2 atom stereocenters. The van der Waals surface area contributed by atoms with E-state index in [9.17, 15) is 14.7 Å². The summed E-state index contributed by atoms with van der Waals surface area (Å²) < 4.78 is 5.25. The lowest BCUT2D eigenvalue weighted by Crippen LogP contribution is -2.55. The molecule has 2 saturated heterocycles. The molecule has 0 aromatic carbocycles. The Morgan fingerprint density at radius 3 is 2.65 bits per heavy atom. The van der Waals surface area contributed by atoms with Crippen LogP contribution in [0.2, 0.25) is 0 Å². The minimum Gasteiger partial charge on any atom is -0.481 e. The van der Waals surface area contributed by atoms with Crippen LogP contribution in [0, 0.1) is 10.8 Å². The topological polar surface area (TPSA) is 78.9 Å². The van der Waals surface area contributed by atoms with Crippen molar-refractivity contribution in [2.45, 2.75) is 39.7 Å². The maximum atomic E-state index is 12.3. The van der Waals surface area contributed by atoms with Crippen molar-refractivity contribution in [2.24, 2.45) is 10.8 Å². The van der Waals surface area contributed by atoms with Crippen LogP contribution in [0.25, 0.3) is 0 Å². The summed E-state index contributed by atoms with van der Waals surface area (Å²) in [5.74, 6) is -0.931. The van der Waals surface area contributed by atoms with Crippen LogP contribution >= 0.6 is 0 Å². The van der Waals surface area contributed by atoms with Crippen LogP contribution in [0.4, 0.5) is 4.79 Å². The van der Waals surface area contributed by atoms with Gasteiger partial charge in [-0.15, -0.1) is 0 Å². The lowest BCUT2D eigenvalue weighted by Gasteiger charge is -2.39. The van der Waals surface area contributed by atoms with Crippen LogP contribution in [0.5, 0.6) is 0 Å². The van der Waals surface area contributed by atoms with Gasteiger partial charge in [0, 0.05) is 13.1 Å². The average Bonchev–Trinajstić information content (AvgIpc) is 2.71. The van der Waals surface area contributed by atoms with E-state index in [1.807, 2.05) is 0 Å². The number of carboxylic acids is 1. The molecule has 114 valence electrons. The van der Waals surface area contributed by atoms with Gasteiger partial charge in [0.25, 0.3) is 0 Å². The monoisotopic (exact) mass is 284 g/mol. The van der Waals surface area contributed by atoms with Gasteiger partial charge in [0.05, 0.1) is 19.3 Å². The lowest BCUT2D eigenvalue weighted by molar-refractivity contribution is -0.148. The third kappa shape index (κ3) is 2.90. The number of amides is 2. The summed E-state index contributed by atoms with van der Waals surface area (Å²) >= 11 is 0. The van der Waals surface area contributed by atoms with Gasteiger partial charge >= 0.3 is 12.0 Å². The maximum Gasteiger partial charge on any atom is 0.317 e. The summed E-state index contributed by atoms with van der Waals surface area (Å²) in [4.78, 5) is 25.5. The van der Waals surface area contributed by atoms with E-state index < -0.39 is 17.4 Å². The number of hydrogen-bond donors (Lipinski definition) is 2. The Labute approximate surface area is 119 Å². The predicted molar refractivity (Wildman–Crippen MR) is 73.5 cm³/mol. The van der Waals surface area contributed by atoms with Crippen LogP contribution in [0.15, 0.2) is 0 Å². The van der Waals surface area contributed by atoms with Crippen molar-refractivity contribution in [2.75, 3.05) is 26.3 Å². The SMILES string of the molecule is CC1(C)CCCN(C(=O)NC2COCC2(C)C(=O)O)C1. The van der Waals surface area contributed by atoms with Gasteiger partial charge in [0.15, 0.2) is 0 Å². The fourth-order valence-corrected chi connectivity index (χ4v) is 2.92. The Morgan fingerprint density at radius 2 is 2.05 bits per heavy atom. The van der Waals surface area contributed by atoms with Crippen molar-refractivity contribution in [1.29, 1.82) is 0 Å². The van der Waals surface area contributed by atoms with E-state index in [4.69, 9.17) is 4.74 Å². The van der Waals surface area contributed by atoms with Gasteiger partial charge in [-0.3, -0.25) is 4.79 Å².